The molecule has 1 aliphatic heterocycles. The molecule has 0 aliphatic carbocycles. The van der Waals surface area contributed by atoms with E-state index in [0.29, 0.717) is 23.9 Å². The number of benzene rings is 2. The van der Waals surface area contributed by atoms with Gasteiger partial charge in [-0.05, 0) is 37.0 Å². The minimum Gasteiger partial charge on any atom is -0.496 e. The maximum absolute atomic E-state index is 12.8. The van der Waals surface area contributed by atoms with E-state index in [-0.39, 0.29) is 11.9 Å². The highest BCUT2D eigenvalue weighted by atomic mass is 16.5. The Balaban J connectivity index is 1.48. The van der Waals surface area contributed by atoms with Crippen LogP contribution in [-0.2, 0) is 11.2 Å². The molecule has 3 aromatic rings. The highest BCUT2D eigenvalue weighted by Gasteiger charge is 2.34. The van der Waals surface area contributed by atoms with Crippen LogP contribution >= 0.6 is 0 Å². The average molecular weight is 377 g/mol. The van der Waals surface area contributed by atoms with Crippen molar-refractivity contribution in [2.75, 3.05) is 13.7 Å². The van der Waals surface area contributed by atoms with Crippen LogP contribution in [0.2, 0.25) is 0 Å². The summed E-state index contributed by atoms with van der Waals surface area (Å²) in [5.41, 5.74) is 1.95. The van der Waals surface area contributed by atoms with Crippen molar-refractivity contribution in [2.24, 2.45) is 0 Å². The Bertz CT molecular complexity index is 939. The SMILES string of the molecule is COc1ccccc1-c1noc([C@@H]2CCCN2C(=O)CCc2ccccc2)n1. The third kappa shape index (κ3) is 3.76. The molecule has 0 saturated carbocycles. The van der Waals surface area contributed by atoms with Gasteiger partial charge in [-0.1, -0.05) is 47.6 Å². The lowest BCUT2D eigenvalue weighted by Crippen LogP contribution is -2.30. The largest absolute Gasteiger partial charge is 0.496 e. The highest BCUT2D eigenvalue weighted by molar-refractivity contribution is 5.77. The Morgan fingerprint density at radius 2 is 1.96 bits per heavy atom. The van der Waals surface area contributed by atoms with Crippen LogP contribution in [0.15, 0.2) is 59.1 Å². The number of carbonyl (C=O) groups is 1. The van der Waals surface area contributed by atoms with Crippen molar-refractivity contribution in [3.05, 3.63) is 66.1 Å². The molecular weight excluding hydrogens is 354 g/mol. The molecule has 0 spiro atoms. The molecule has 6 nitrogen and oxygen atoms in total. The van der Waals surface area contributed by atoms with E-state index in [2.05, 4.69) is 10.1 Å². The van der Waals surface area contributed by atoms with Crippen molar-refractivity contribution in [1.29, 1.82) is 0 Å². The van der Waals surface area contributed by atoms with Crippen molar-refractivity contribution in [3.8, 4) is 17.1 Å². The lowest BCUT2D eigenvalue weighted by molar-refractivity contribution is -0.132. The average Bonchev–Trinajstić information content (AvgIpc) is 3.42. The summed E-state index contributed by atoms with van der Waals surface area (Å²) in [4.78, 5) is 19.2. The zero-order chi connectivity index (χ0) is 19.3. The predicted molar refractivity (Wildman–Crippen MR) is 105 cm³/mol. The summed E-state index contributed by atoms with van der Waals surface area (Å²) >= 11 is 0. The van der Waals surface area contributed by atoms with Crippen LogP contribution in [0.1, 0.15) is 36.8 Å². The van der Waals surface area contributed by atoms with Gasteiger partial charge in [0.25, 0.3) is 0 Å². The molecular formula is C22H23N3O3. The Hall–Kier alpha value is -3.15. The fraction of sp³-hybridized carbons (Fsp3) is 0.318. The van der Waals surface area contributed by atoms with Gasteiger partial charge >= 0.3 is 0 Å². The first kappa shape index (κ1) is 18.2. The summed E-state index contributed by atoms with van der Waals surface area (Å²) in [5, 5.41) is 4.12. The summed E-state index contributed by atoms with van der Waals surface area (Å²) < 4.78 is 10.9. The van der Waals surface area contributed by atoms with Crippen LogP contribution in [0.5, 0.6) is 5.75 Å². The maximum Gasteiger partial charge on any atom is 0.249 e. The fourth-order valence-electron chi connectivity index (χ4n) is 3.67. The molecule has 6 heteroatoms. The first-order valence-electron chi connectivity index (χ1n) is 9.56. The van der Waals surface area contributed by atoms with Gasteiger partial charge in [0.05, 0.1) is 12.7 Å². The zero-order valence-electron chi connectivity index (χ0n) is 15.9. The lowest BCUT2D eigenvalue weighted by atomic mass is 10.1. The molecule has 144 valence electrons. The van der Waals surface area contributed by atoms with Gasteiger partial charge in [0.2, 0.25) is 17.6 Å². The molecule has 2 aromatic carbocycles. The lowest BCUT2D eigenvalue weighted by Gasteiger charge is -2.21. The van der Waals surface area contributed by atoms with Gasteiger partial charge in [-0.15, -0.1) is 0 Å². The van der Waals surface area contributed by atoms with Crippen LogP contribution in [0.25, 0.3) is 11.4 Å². The molecule has 1 fully saturated rings. The van der Waals surface area contributed by atoms with Crippen LogP contribution < -0.4 is 4.74 Å². The number of amides is 1. The summed E-state index contributed by atoms with van der Waals surface area (Å²) in [6.45, 7) is 0.727. The zero-order valence-corrected chi connectivity index (χ0v) is 15.9. The van der Waals surface area contributed by atoms with Crippen molar-refractivity contribution >= 4 is 5.91 Å². The fourth-order valence-corrected chi connectivity index (χ4v) is 3.67. The first-order chi connectivity index (χ1) is 13.8. The van der Waals surface area contributed by atoms with E-state index in [4.69, 9.17) is 9.26 Å². The molecule has 1 aliphatic rings. The van der Waals surface area contributed by atoms with Gasteiger partial charge in [-0.3, -0.25) is 4.79 Å². The minimum atomic E-state index is -0.153. The second-order valence-electron chi connectivity index (χ2n) is 6.89. The van der Waals surface area contributed by atoms with Crippen LogP contribution in [-0.4, -0.2) is 34.6 Å². The number of methoxy groups -OCH3 is 1. The molecule has 4 rings (SSSR count). The molecule has 1 atom stereocenters. The predicted octanol–water partition coefficient (Wildman–Crippen LogP) is 4.04. The number of hydrogen-bond donors (Lipinski definition) is 0. The smallest absolute Gasteiger partial charge is 0.249 e. The van der Waals surface area contributed by atoms with E-state index in [1.807, 2.05) is 59.5 Å². The molecule has 0 N–H and O–H groups in total. The van der Waals surface area contributed by atoms with Gasteiger partial charge in [0, 0.05) is 13.0 Å². The molecule has 1 aromatic heterocycles. The van der Waals surface area contributed by atoms with Gasteiger partial charge < -0.3 is 14.2 Å². The van der Waals surface area contributed by atoms with Crippen LogP contribution in [0.3, 0.4) is 0 Å². The molecule has 0 radical (unpaired) electrons. The van der Waals surface area contributed by atoms with E-state index in [0.717, 1.165) is 31.4 Å². The summed E-state index contributed by atoms with van der Waals surface area (Å²) in [5.74, 6) is 1.79. The van der Waals surface area contributed by atoms with Crippen molar-refractivity contribution in [2.45, 2.75) is 31.7 Å². The number of aryl methyl sites for hydroxylation is 1. The maximum atomic E-state index is 12.8. The molecule has 0 unspecified atom stereocenters. The normalized spacial score (nSPS) is 16.3. The van der Waals surface area contributed by atoms with Gasteiger partial charge in [-0.2, -0.15) is 4.98 Å². The number of nitrogens with zero attached hydrogens (tertiary/aromatic N) is 3. The van der Waals surface area contributed by atoms with Gasteiger partial charge in [-0.25, -0.2) is 0 Å². The van der Waals surface area contributed by atoms with Crippen LogP contribution in [0.4, 0.5) is 0 Å². The molecule has 28 heavy (non-hydrogen) atoms. The number of hydrogen-bond acceptors (Lipinski definition) is 5. The summed E-state index contributed by atoms with van der Waals surface area (Å²) in [7, 11) is 1.62. The van der Waals surface area contributed by atoms with Crippen molar-refractivity contribution in [1.82, 2.24) is 15.0 Å². The van der Waals surface area contributed by atoms with Gasteiger partial charge in [0.15, 0.2) is 0 Å². The number of carbonyl (C=O) groups excluding carboxylic acids is 1. The Kier molecular flexibility index (Phi) is 5.37. The second-order valence-corrected chi connectivity index (χ2v) is 6.89. The molecule has 2 heterocycles. The third-order valence-electron chi connectivity index (χ3n) is 5.12. The van der Waals surface area contributed by atoms with Crippen molar-refractivity contribution < 1.29 is 14.1 Å². The Labute approximate surface area is 164 Å². The topological polar surface area (TPSA) is 68.5 Å². The molecule has 1 saturated heterocycles. The Morgan fingerprint density at radius 3 is 2.79 bits per heavy atom. The quantitative estimate of drug-likeness (QED) is 0.648. The number of ether oxygens (including phenoxy) is 1. The highest BCUT2D eigenvalue weighted by Crippen LogP contribution is 2.34. The summed E-state index contributed by atoms with van der Waals surface area (Å²) in [6.07, 6.45) is 2.99. The number of para-hydroxylation sites is 1. The molecule has 0 bridgehead atoms. The van der Waals surface area contributed by atoms with Crippen molar-refractivity contribution in [3.63, 3.8) is 0 Å². The monoisotopic (exact) mass is 377 g/mol. The Morgan fingerprint density at radius 1 is 1.18 bits per heavy atom. The third-order valence-corrected chi connectivity index (χ3v) is 5.12. The van der Waals surface area contributed by atoms with Gasteiger partial charge in [0.1, 0.15) is 11.8 Å². The minimum absolute atomic E-state index is 0.128. The number of likely N-dealkylation sites (tertiary alicyclic amines) is 1. The van der Waals surface area contributed by atoms with E-state index in [9.17, 15) is 4.79 Å². The van der Waals surface area contributed by atoms with E-state index >= 15 is 0 Å². The van der Waals surface area contributed by atoms with E-state index in [1.165, 1.54) is 5.56 Å². The number of rotatable bonds is 6. The second kappa shape index (κ2) is 8.25. The molecule has 1 amide bonds. The number of aromatic nitrogens is 2. The summed E-state index contributed by atoms with van der Waals surface area (Å²) in [6, 6.07) is 17.5. The van der Waals surface area contributed by atoms with E-state index in [1.54, 1.807) is 7.11 Å². The van der Waals surface area contributed by atoms with Crippen LogP contribution in [0, 0.1) is 0 Å². The standard InChI is InChI=1S/C22H23N3O3/c1-27-19-12-6-5-10-17(19)21-23-22(28-24-21)18-11-7-15-25(18)20(26)14-13-16-8-3-2-4-9-16/h2-6,8-10,12,18H,7,11,13-15H2,1H3/t18-/m0/s1. The van der Waals surface area contributed by atoms with E-state index < -0.39 is 0 Å². The first-order valence-corrected chi connectivity index (χ1v) is 9.56.